The minimum atomic E-state index is -3.82. The van der Waals surface area contributed by atoms with Crippen LogP contribution in [0.15, 0.2) is 23.1 Å². The Hall–Kier alpha value is -1.71. The van der Waals surface area contributed by atoms with Gasteiger partial charge in [0.1, 0.15) is 5.69 Å². The number of ether oxygens (including phenoxy) is 1. The molecule has 1 aliphatic rings. The lowest BCUT2D eigenvalue weighted by Gasteiger charge is -2.35. The van der Waals surface area contributed by atoms with E-state index in [0.29, 0.717) is 0 Å². The van der Waals surface area contributed by atoms with Gasteiger partial charge in [0.25, 0.3) is 5.69 Å². The summed E-state index contributed by atoms with van der Waals surface area (Å²) in [6.07, 6.45) is -0.222. The maximum atomic E-state index is 12.6. The van der Waals surface area contributed by atoms with Crippen LogP contribution in [0.4, 0.5) is 11.4 Å². The van der Waals surface area contributed by atoms with Crippen LogP contribution < -0.4 is 5.73 Å². The van der Waals surface area contributed by atoms with Gasteiger partial charge in [-0.2, -0.15) is 4.31 Å². The van der Waals surface area contributed by atoms with E-state index in [2.05, 4.69) is 0 Å². The van der Waals surface area contributed by atoms with Crippen LogP contribution >= 0.6 is 0 Å². The highest BCUT2D eigenvalue weighted by Crippen LogP contribution is 2.28. The minimum absolute atomic E-state index is 0.0673. The van der Waals surface area contributed by atoms with Crippen molar-refractivity contribution >= 4 is 21.4 Å². The van der Waals surface area contributed by atoms with Crippen LogP contribution in [0.2, 0.25) is 0 Å². The average Bonchev–Trinajstić information content (AvgIpc) is 2.41. The van der Waals surface area contributed by atoms with E-state index in [1.165, 1.54) is 16.4 Å². The van der Waals surface area contributed by atoms with Gasteiger partial charge in [0.15, 0.2) is 0 Å². The lowest BCUT2D eigenvalue weighted by atomic mass is 10.2. The number of anilines is 1. The summed E-state index contributed by atoms with van der Waals surface area (Å²) in [5.41, 5.74) is 5.01. The molecule has 0 amide bonds. The molecule has 0 radical (unpaired) electrons. The number of sulfonamides is 1. The highest BCUT2D eigenvalue weighted by Gasteiger charge is 2.35. The average molecular weight is 315 g/mol. The van der Waals surface area contributed by atoms with Gasteiger partial charge in [0, 0.05) is 18.7 Å². The topological polar surface area (TPSA) is 116 Å². The molecule has 1 aromatic rings. The van der Waals surface area contributed by atoms with Crippen molar-refractivity contribution in [1.82, 2.24) is 4.31 Å². The lowest BCUT2D eigenvalue weighted by Crippen LogP contribution is -2.50. The van der Waals surface area contributed by atoms with Crippen LogP contribution in [0.5, 0.6) is 0 Å². The van der Waals surface area contributed by atoms with Crippen LogP contribution in [-0.2, 0) is 14.8 Å². The molecule has 2 rings (SSSR count). The third-order valence-electron chi connectivity index (χ3n) is 3.36. The zero-order valence-electron chi connectivity index (χ0n) is 11.7. The highest BCUT2D eigenvalue weighted by atomic mass is 32.2. The van der Waals surface area contributed by atoms with E-state index in [4.69, 9.17) is 10.5 Å². The van der Waals surface area contributed by atoms with E-state index in [1.807, 2.05) is 0 Å². The molecule has 1 heterocycles. The van der Waals surface area contributed by atoms with Crippen molar-refractivity contribution in [1.29, 1.82) is 0 Å². The van der Waals surface area contributed by atoms with Crippen molar-refractivity contribution < 1.29 is 18.1 Å². The van der Waals surface area contributed by atoms with Crippen LogP contribution in [0.1, 0.15) is 13.8 Å². The Morgan fingerprint density at radius 2 is 2.10 bits per heavy atom. The maximum Gasteiger partial charge on any atom is 0.293 e. The van der Waals surface area contributed by atoms with E-state index in [0.717, 1.165) is 6.07 Å². The molecule has 9 heteroatoms. The molecular formula is C12H17N3O5S. The van der Waals surface area contributed by atoms with Gasteiger partial charge >= 0.3 is 0 Å². The highest BCUT2D eigenvalue weighted by molar-refractivity contribution is 7.89. The molecule has 2 unspecified atom stereocenters. The SMILES string of the molecule is CC1CN(S(=O)(=O)c2ccc(N)c([N+](=O)[O-])c2)C(C)CO1. The fourth-order valence-electron chi connectivity index (χ4n) is 2.19. The number of nitrogens with zero attached hydrogens (tertiary/aromatic N) is 2. The fourth-order valence-corrected chi connectivity index (χ4v) is 3.90. The van der Waals surface area contributed by atoms with Gasteiger partial charge in [0.05, 0.1) is 22.5 Å². The van der Waals surface area contributed by atoms with Gasteiger partial charge in [0.2, 0.25) is 10.0 Å². The second kappa shape index (κ2) is 5.58. The largest absolute Gasteiger partial charge is 0.393 e. The molecule has 0 spiro atoms. The van der Waals surface area contributed by atoms with Crippen molar-refractivity contribution in [2.75, 3.05) is 18.9 Å². The first kappa shape index (κ1) is 15.7. The molecule has 0 aliphatic carbocycles. The minimum Gasteiger partial charge on any atom is -0.393 e. The lowest BCUT2D eigenvalue weighted by molar-refractivity contribution is -0.384. The van der Waals surface area contributed by atoms with Crippen LogP contribution in [0, 0.1) is 10.1 Å². The summed E-state index contributed by atoms with van der Waals surface area (Å²) in [6.45, 7) is 4.01. The van der Waals surface area contributed by atoms with Crippen molar-refractivity contribution in [2.45, 2.75) is 30.9 Å². The van der Waals surface area contributed by atoms with Crippen molar-refractivity contribution in [3.05, 3.63) is 28.3 Å². The first-order chi connectivity index (χ1) is 9.73. The molecule has 0 saturated carbocycles. The number of hydrogen-bond acceptors (Lipinski definition) is 6. The number of nitrogens with two attached hydrogens (primary N) is 1. The molecule has 1 aromatic carbocycles. The molecule has 21 heavy (non-hydrogen) atoms. The Balaban J connectivity index is 2.44. The molecule has 2 N–H and O–H groups in total. The first-order valence-electron chi connectivity index (χ1n) is 6.41. The number of morpholine rings is 1. The molecule has 0 bridgehead atoms. The summed E-state index contributed by atoms with van der Waals surface area (Å²) in [7, 11) is -3.82. The van der Waals surface area contributed by atoms with Gasteiger partial charge in [-0.25, -0.2) is 8.42 Å². The zero-order valence-corrected chi connectivity index (χ0v) is 12.5. The monoisotopic (exact) mass is 315 g/mol. The number of nitrogen functional groups attached to an aromatic ring is 1. The van der Waals surface area contributed by atoms with Crippen molar-refractivity contribution in [3.63, 3.8) is 0 Å². The van der Waals surface area contributed by atoms with Gasteiger partial charge in [-0.15, -0.1) is 0 Å². The molecule has 1 aliphatic heterocycles. The Morgan fingerprint density at radius 3 is 2.71 bits per heavy atom. The summed E-state index contributed by atoms with van der Waals surface area (Å²) in [5, 5.41) is 10.9. The number of benzene rings is 1. The van der Waals surface area contributed by atoms with E-state index >= 15 is 0 Å². The third-order valence-corrected chi connectivity index (χ3v) is 5.33. The predicted octanol–water partition coefficient (Wildman–Crippen LogP) is 0.975. The summed E-state index contributed by atoms with van der Waals surface area (Å²) >= 11 is 0. The molecule has 116 valence electrons. The van der Waals surface area contributed by atoms with Crippen LogP contribution in [-0.4, -0.2) is 42.9 Å². The third kappa shape index (κ3) is 2.99. The number of nitro groups is 1. The predicted molar refractivity (Wildman–Crippen MR) is 76.3 cm³/mol. The Labute approximate surface area is 122 Å². The van der Waals surface area contributed by atoms with E-state index in [1.54, 1.807) is 13.8 Å². The molecule has 1 fully saturated rings. The van der Waals surface area contributed by atoms with Gasteiger partial charge in [-0.1, -0.05) is 0 Å². The zero-order chi connectivity index (χ0) is 15.8. The summed E-state index contributed by atoms with van der Waals surface area (Å²) in [6, 6.07) is 3.18. The maximum absolute atomic E-state index is 12.6. The Morgan fingerprint density at radius 1 is 1.43 bits per heavy atom. The van der Waals surface area contributed by atoms with Gasteiger partial charge in [-0.05, 0) is 26.0 Å². The Kier molecular flexibility index (Phi) is 4.17. The second-order valence-electron chi connectivity index (χ2n) is 5.05. The second-order valence-corrected chi connectivity index (χ2v) is 6.94. The normalized spacial score (nSPS) is 23.9. The van der Waals surface area contributed by atoms with Crippen LogP contribution in [0.25, 0.3) is 0 Å². The standard InChI is InChI=1S/C12H17N3O5S/c1-8-7-20-9(2)6-14(8)21(18,19)10-3-4-11(13)12(5-10)15(16)17/h3-5,8-9H,6-7,13H2,1-2H3. The van der Waals surface area contributed by atoms with Crippen molar-refractivity contribution in [3.8, 4) is 0 Å². The molecule has 2 atom stereocenters. The van der Waals surface area contributed by atoms with Crippen molar-refractivity contribution in [2.24, 2.45) is 0 Å². The summed E-state index contributed by atoms with van der Waals surface area (Å²) < 4.78 is 32.0. The van der Waals surface area contributed by atoms with E-state index in [-0.39, 0.29) is 35.9 Å². The van der Waals surface area contributed by atoms with E-state index < -0.39 is 20.6 Å². The number of rotatable bonds is 3. The van der Waals surface area contributed by atoms with E-state index in [9.17, 15) is 18.5 Å². The Bertz CT molecular complexity index is 661. The molecular weight excluding hydrogens is 298 g/mol. The quantitative estimate of drug-likeness (QED) is 0.505. The fraction of sp³-hybridized carbons (Fsp3) is 0.500. The van der Waals surface area contributed by atoms with Gasteiger partial charge in [-0.3, -0.25) is 10.1 Å². The molecule has 8 nitrogen and oxygen atoms in total. The number of nitro benzene ring substituents is 1. The first-order valence-corrected chi connectivity index (χ1v) is 7.85. The molecule has 1 saturated heterocycles. The molecule has 0 aromatic heterocycles. The summed E-state index contributed by atoms with van der Waals surface area (Å²) in [4.78, 5) is 10.1. The van der Waals surface area contributed by atoms with Crippen LogP contribution in [0.3, 0.4) is 0 Å². The number of hydrogen-bond donors (Lipinski definition) is 1. The van der Waals surface area contributed by atoms with Gasteiger partial charge < -0.3 is 10.5 Å². The summed E-state index contributed by atoms with van der Waals surface area (Å²) in [5.74, 6) is 0. The smallest absolute Gasteiger partial charge is 0.293 e.